The molecule has 25 heavy (non-hydrogen) atoms. The SMILES string of the molecule is Cc1cccc(C2CCCCN2C(=O)CC2CC3CCC(C2)N3)c1C. The molecule has 3 heterocycles. The van der Waals surface area contributed by atoms with E-state index in [1.807, 2.05) is 0 Å². The second kappa shape index (κ2) is 7.11. The molecular weight excluding hydrogens is 308 g/mol. The topological polar surface area (TPSA) is 32.3 Å². The Hall–Kier alpha value is -1.35. The van der Waals surface area contributed by atoms with Crippen LogP contribution in [0.3, 0.4) is 0 Å². The quantitative estimate of drug-likeness (QED) is 0.891. The largest absolute Gasteiger partial charge is 0.336 e. The number of benzene rings is 1. The molecule has 3 heteroatoms. The predicted molar refractivity (Wildman–Crippen MR) is 102 cm³/mol. The zero-order valence-electron chi connectivity index (χ0n) is 15.8. The van der Waals surface area contributed by atoms with E-state index >= 15 is 0 Å². The Labute approximate surface area is 152 Å². The fourth-order valence-corrected chi connectivity index (χ4v) is 5.39. The molecule has 1 aromatic carbocycles. The summed E-state index contributed by atoms with van der Waals surface area (Å²) in [5.41, 5.74) is 4.08. The highest BCUT2D eigenvalue weighted by Gasteiger charge is 2.36. The summed E-state index contributed by atoms with van der Waals surface area (Å²) in [6.45, 7) is 5.33. The van der Waals surface area contributed by atoms with E-state index in [9.17, 15) is 4.79 Å². The number of hydrogen-bond donors (Lipinski definition) is 1. The van der Waals surface area contributed by atoms with E-state index in [2.05, 4.69) is 42.3 Å². The molecule has 3 atom stereocenters. The monoisotopic (exact) mass is 340 g/mol. The third kappa shape index (κ3) is 3.48. The normalized spacial score (nSPS) is 32.0. The van der Waals surface area contributed by atoms with Crippen LogP contribution in [-0.2, 0) is 4.79 Å². The number of carbonyl (C=O) groups is 1. The van der Waals surface area contributed by atoms with Crippen LogP contribution < -0.4 is 5.32 Å². The van der Waals surface area contributed by atoms with Crippen LogP contribution in [0.5, 0.6) is 0 Å². The van der Waals surface area contributed by atoms with Crippen LogP contribution in [-0.4, -0.2) is 29.4 Å². The van der Waals surface area contributed by atoms with Crippen molar-refractivity contribution in [2.75, 3.05) is 6.54 Å². The summed E-state index contributed by atoms with van der Waals surface area (Å²) in [5, 5.41) is 3.70. The Balaban J connectivity index is 1.48. The maximum atomic E-state index is 13.2. The van der Waals surface area contributed by atoms with Gasteiger partial charge in [-0.25, -0.2) is 0 Å². The van der Waals surface area contributed by atoms with Crippen LogP contribution in [0.2, 0.25) is 0 Å². The molecule has 1 amide bonds. The molecule has 3 fully saturated rings. The molecule has 3 aliphatic heterocycles. The van der Waals surface area contributed by atoms with Crippen molar-refractivity contribution in [3.05, 3.63) is 34.9 Å². The summed E-state index contributed by atoms with van der Waals surface area (Å²) < 4.78 is 0. The molecule has 0 aliphatic carbocycles. The molecule has 2 bridgehead atoms. The average molecular weight is 341 g/mol. The van der Waals surface area contributed by atoms with E-state index in [1.54, 1.807) is 0 Å². The van der Waals surface area contributed by atoms with Gasteiger partial charge in [0.25, 0.3) is 0 Å². The van der Waals surface area contributed by atoms with Gasteiger partial charge in [0.05, 0.1) is 6.04 Å². The lowest BCUT2D eigenvalue weighted by Gasteiger charge is -2.38. The number of nitrogens with one attached hydrogen (secondary N) is 1. The molecule has 0 radical (unpaired) electrons. The molecule has 3 nitrogen and oxygen atoms in total. The van der Waals surface area contributed by atoms with Gasteiger partial charge < -0.3 is 10.2 Å². The first-order valence-corrected chi connectivity index (χ1v) is 10.2. The first-order chi connectivity index (χ1) is 12.1. The Kier molecular flexibility index (Phi) is 4.86. The molecule has 3 aliphatic rings. The van der Waals surface area contributed by atoms with Crippen molar-refractivity contribution in [1.29, 1.82) is 0 Å². The molecular formula is C22H32N2O. The van der Waals surface area contributed by atoms with Crippen molar-refractivity contribution in [3.63, 3.8) is 0 Å². The molecule has 0 aromatic heterocycles. The Morgan fingerprint density at radius 2 is 1.88 bits per heavy atom. The number of fused-ring (bicyclic) bond motifs is 2. The van der Waals surface area contributed by atoms with Gasteiger partial charge in [-0.2, -0.15) is 0 Å². The first kappa shape index (κ1) is 17.1. The summed E-state index contributed by atoms with van der Waals surface area (Å²) in [6.07, 6.45) is 9.29. The van der Waals surface area contributed by atoms with Crippen LogP contribution in [0, 0.1) is 19.8 Å². The van der Waals surface area contributed by atoms with Gasteiger partial charge in [-0.3, -0.25) is 4.79 Å². The van der Waals surface area contributed by atoms with Crippen LogP contribution in [0.15, 0.2) is 18.2 Å². The fourth-order valence-electron chi connectivity index (χ4n) is 5.39. The van der Waals surface area contributed by atoms with Crippen LogP contribution >= 0.6 is 0 Å². The van der Waals surface area contributed by atoms with E-state index in [0.717, 1.165) is 25.8 Å². The number of piperidine rings is 2. The predicted octanol–water partition coefficient (Wildman–Crippen LogP) is 4.28. The number of rotatable bonds is 3. The van der Waals surface area contributed by atoms with Crippen molar-refractivity contribution in [2.24, 2.45) is 5.92 Å². The van der Waals surface area contributed by atoms with E-state index in [4.69, 9.17) is 0 Å². The maximum Gasteiger partial charge on any atom is 0.223 e. The Morgan fingerprint density at radius 3 is 2.64 bits per heavy atom. The van der Waals surface area contributed by atoms with E-state index in [0.29, 0.717) is 30.0 Å². The third-order valence-corrected chi connectivity index (χ3v) is 6.86. The molecule has 1 aromatic rings. The average Bonchev–Trinajstić information content (AvgIpc) is 2.96. The van der Waals surface area contributed by atoms with Gasteiger partial charge in [-0.1, -0.05) is 18.2 Å². The number of hydrogen-bond acceptors (Lipinski definition) is 2. The van der Waals surface area contributed by atoms with E-state index in [1.165, 1.54) is 48.8 Å². The number of aryl methyl sites for hydroxylation is 1. The highest BCUT2D eigenvalue weighted by atomic mass is 16.2. The second-order valence-electron chi connectivity index (χ2n) is 8.57. The standard InChI is InChI=1S/C22H32N2O/c1-15-6-5-7-20(16(15)2)21-8-3-4-11-24(21)22(25)14-17-12-18-9-10-19(13-17)23-18/h5-7,17-19,21,23H,3-4,8-14H2,1-2H3. The Morgan fingerprint density at radius 1 is 1.12 bits per heavy atom. The van der Waals surface area contributed by atoms with Gasteiger partial charge in [0.15, 0.2) is 0 Å². The van der Waals surface area contributed by atoms with Gasteiger partial charge in [0.1, 0.15) is 0 Å². The minimum absolute atomic E-state index is 0.291. The molecule has 0 spiro atoms. The van der Waals surface area contributed by atoms with Gasteiger partial charge in [0, 0.05) is 25.0 Å². The molecule has 3 saturated heterocycles. The first-order valence-electron chi connectivity index (χ1n) is 10.2. The van der Waals surface area contributed by atoms with Gasteiger partial charge >= 0.3 is 0 Å². The smallest absolute Gasteiger partial charge is 0.223 e. The number of amides is 1. The van der Waals surface area contributed by atoms with Gasteiger partial charge in [-0.05, 0) is 81.4 Å². The van der Waals surface area contributed by atoms with Crippen LogP contribution in [0.25, 0.3) is 0 Å². The highest BCUT2D eigenvalue weighted by molar-refractivity contribution is 5.77. The van der Waals surface area contributed by atoms with Crippen molar-refractivity contribution >= 4 is 5.91 Å². The van der Waals surface area contributed by atoms with Gasteiger partial charge in [0.2, 0.25) is 5.91 Å². The minimum atomic E-state index is 0.291. The highest BCUT2D eigenvalue weighted by Crippen LogP contribution is 2.37. The summed E-state index contributed by atoms with van der Waals surface area (Å²) in [7, 11) is 0. The summed E-state index contributed by atoms with van der Waals surface area (Å²) in [5.74, 6) is 0.990. The summed E-state index contributed by atoms with van der Waals surface area (Å²) in [4.78, 5) is 15.4. The lowest BCUT2D eigenvalue weighted by molar-refractivity contribution is -0.136. The molecule has 0 saturated carbocycles. The van der Waals surface area contributed by atoms with E-state index < -0.39 is 0 Å². The number of carbonyl (C=O) groups excluding carboxylic acids is 1. The summed E-state index contributed by atoms with van der Waals surface area (Å²) >= 11 is 0. The fraction of sp³-hybridized carbons (Fsp3) is 0.682. The lowest BCUT2D eigenvalue weighted by atomic mass is 9.87. The molecule has 1 N–H and O–H groups in total. The lowest BCUT2D eigenvalue weighted by Crippen LogP contribution is -2.42. The summed E-state index contributed by atoms with van der Waals surface area (Å²) in [6, 6.07) is 8.21. The Bertz CT molecular complexity index is 629. The third-order valence-electron chi connectivity index (χ3n) is 6.86. The van der Waals surface area contributed by atoms with Crippen LogP contribution in [0.4, 0.5) is 0 Å². The van der Waals surface area contributed by atoms with Crippen molar-refractivity contribution in [2.45, 2.75) is 83.3 Å². The van der Waals surface area contributed by atoms with Crippen molar-refractivity contribution in [1.82, 2.24) is 10.2 Å². The van der Waals surface area contributed by atoms with Crippen molar-refractivity contribution in [3.8, 4) is 0 Å². The van der Waals surface area contributed by atoms with Gasteiger partial charge in [-0.15, -0.1) is 0 Å². The van der Waals surface area contributed by atoms with Crippen LogP contribution in [0.1, 0.15) is 74.1 Å². The zero-order valence-corrected chi connectivity index (χ0v) is 15.8. The number of nitrogens with zero attached hydrogens (tertiary/aromatic N) is 1. The van der Waals surface area contributed by atoms with E-state index in [-0.39, 0.29) is 0 Å². The second-order valence-corrected chi connectivity index (χ2v) is 8.57. The molecule has 3 unspecified atom stereocenters. The van der Waals surface area contributed by atoms with Crippen molar-refractivity contribution < 1.29 is 4.79 Å². The minimum Gasteiger partial charge on any atom is -0.336 e. The molecule has 4 rings (SSSR count). The zero-order chi connectivity index (χ0) is 17.4. The number of likely N-dealkylation sites (tertiary alicyclic amines) is 1. The maximum absolute atomic E-state index is 13.2. The molecule has 136 valence electrons.